The van der Waals surface area contributed by atoms with Gasteiger partial charge in [-0.05, 0) is 25.0 Å². The van der Waals surface area contributed by atoms with Gasteiger partial charge >= 0.3 is 0 Å². The molecule has 1 saturated heterocycles. The molecule has 0 aromatic heterocycles. The summed E-state index contributed by atoms with van der Waals surface area (Å²) in [7, 11) is -3.75. The molecule has 0 atom stereocenters. The number of ether oxygens (including phenoxy) is 1. The summed E-state index contributed by atoms with van der Waals surface area (Å²) >= 11 is 0. The molecular weight excluding hydrogens is 358 g/mol. The first-order valence-electron chi connectivity index (χ1n) is 9.11. The maximum Gasteiger partial charge on any atom is 0.293 e. The second-order valence-electron chi connectivity index (χ2n) is 6.79. The van der Waals surface area contributed by atoms with Crippen molar-refractivity contribution in [3.63, 3.8) is 0 Å². The highest BCUT2D eigenvalue weighted by molar-refractivity contribution is 7.89. The van der Waals surface area contributed by atoms with E-state index in [-0.39, 0.29) is 29.7 Å². The molecule has 26 heavy (non-hydrogen) atoms. The van der Waals surface area contributed by atoms with Crippen LogP contribution in [-0.2, 0) is 14.8 Å². The summed E-state index contributed by atoms with van der Waals surface area (Å²) in [4.78, 5) is 11.0. The van der Waals surface area contributed by atoms with E-state index < -0.39 is 14.9 Å². The van der Waals surface area contributed by atoms with E-state index in [1.165, 1.54) is 35.3 Å². The number of hydrogen-bond acceptors (Lipinski definition) is 6. The van der Waals surface area contributed by atoms with E-state index in [0.29, 0.717) is 18.9 Å². The number of morpholine rings is 1. The molecule has 1 aliphatic carbocycles. The number of rotatable bonds is 5. The highest BCUT2D eigenvalue weighted by Crippen LogP contribution is 2.31. The molecule has 8 nitrogen and oxygen atoms in total. The Morgan fingerprint density at radius 1 is 1.12 bits per heavy atom. The summed E-state index contributed by atoms with van der Waals surface area (Å²) in [6.45, 7) is 1.20. The molecule has 0 spiro atoms. The fourth-order valence-corrected chi connectivity index (χ4v) is 4.95. The van der Waals surface area contributed by atoms with Gasteiger partial charge in [0.15, 0.2) is 0 Å². The molecule has 1 aromatic rings. The number of benzene rings is 1. The van der Waals surface area contributed by atoms with E-state index in [1.54, 1.807) is 0 Å². The monoisotopic (exact) mass is 383 g/mol. The zero-order chi connectivity index (χ0) is 18.6. The van der Waals surface area contributed by atoms with Gasteiger partial charge in [-0.25, -0.2) is 8.42 Å². The summed E-state index contributed by atoms with van der Waals surface area (Å²) in [6, 6.07) is 4.34. The van der Waals surface area contributed by atoms with Crippen molar-refractivity contribution in [3.05, 3.63) is 28.3 Å². The molecule has 1 aromatic carbocycles. The highest BCUT2D eigenvalue weighted by Gasteiger charge is 2.29. The van der Waals surface area contributed by atoms with Gasteiger partial charge in [-0.1, -0.05) is 25.7 Å². The van der Waals surface area contributed by atoms with Gasteiger partial charge < -0.3 is 10.1 Å². The Kier molecular flexibility index (Phi) is 6.10. The van der Waals surface area contributed by atoms with Gasteiger partial charge in [0.05, 0.1) is 23.0 Å². The average molecular weight is 383 g/mol. The largest absolute Gasteiger partial charge is 0.379 e. The van der Waals surface area contributed by atoms with E-state index in [2.05, 4.69) is 5.32 Å². The number of sulfonamides is 1. The molecule has 1 saturated carbocycles. The topological polar surface area (TPSA) is 102 Å². The molecule has 1 heterocycles. The van der Waals surface area contributed by atoms with Crippen molar-refractivity contribution in [2.24, 2.45) is 0 Å². The molecule has 2 aliphatic rings. The minimum absolute atomic E-state index is 0.0440. The Hall–Kier alpha value is -1.71. The zero-order valence-electron chi connectivity index (χ0n) is 14.7. The lowest BCUT2D eigenvalue weighted by Gasteiger charge is -2.26. The first kappa shape index (κ1) is 19.1. The van der Waals surface area contributed by atoms with Gasteiger partial charge in [-0.15, -0.1) is 0 Å². The minimum atomic E-state index is -3.75. The van der Waals surface area contributed by atoms with Crippen molar-refractivity contribution in [2.75, 3.05) is 31.6 Å². The van der Waals surface area contributed by atoms with Crippen LogP contribution < -0.4 is 5.32 Å². The summed E-state index contributed by atoms with van der Waals surface area (Å²) in [5.74, 6) is 0. The van der Waals surface area contributed by atoms with Crippen molar-refractivity contribution < 1.29 is 18.1 Å². The summed E-state index contributed by atoms with van der Waals surface area (Å²) in [6.07, 6.45) is 6.55. The Morgan fingerprint density at radius 2 is 1.77 bits per heavy atom. The molecule has 0 amide bonds. The van der Waals surface area contributed by atoms with Gasteiger partial charge in [0, 0.05) is 25.2 Å². The second kappa shape index (κ2) is 8.32. The standard InChI is InChI=1S/C17H25N3O5S/c21-20(22)17-13-15(26(23,24)19-9-11-25-12-10-19)7-8-16(17)18-14-5-3-1-2-4-6-14/h7-8,13-14,18H,1-6,9-12H2. The third kappa shape index (κ3) is 4.33. The van der Waals surface area contributed by atoms with Crippen molar-refractivity contribution in [1.82, 2.24) is 4.31 Å². The van der Waals surface area contributed by atoms with Crippen molar-refractivity contribution >= 4 is 21.4 Å². The van der Waals surface area contributed by atoms with Gasteiger partial charge in [0.2, 0.25) is 10.0 Å². The van der Waals surface area contributed by atoms with Crippen LogP contribution in [0.4, 0.5) is 11.4 Å². The third-order valence-electron chi connectivity index (χ3n) is 4.99. The molecule has 0 radical (unpaired) electrons. The highest BCUT2D eigenvalue weighted by atomic mass is 32.2. The van der Waals surface area contributed by atoms with Crippen LogP contribution in [0.15, 0.2) is 23.1 Å². The third-order valence-corrected chi connectivity index (χ3v) is 6.88. The molecule has 1 N–H and O–H groups in total. The van der Waals surface area contributed by atoms with Crippen LogP contribution in [0.5, 0.6) is 0 Å². The molecule has 144 valence electrons. The predicted molar refractivity (Wildman–Crippen MR) is 97.8 cm³/mol. The molecule has 0 bridgehead atoms. The van der Waals surface area contributed by atoms with E-state index in [9.17, 15) is 18.5 Å². The Morgan fingerprint density at radius 3 is 2.38 bits per heavy atom. The van der Waals surface area contributed by atoms with Gasteiger partial charge in [0.25, 0.3) is 5.69 Å². The van der Waals surface area contributed by atoms with Crippen molar-refractivity contribution in [2.45, 2.75) is 49.5 Å². The Balaban J connectivity index is 1.85. The second-order valence-corrected chi connectivity index (χ2v) is 8.72. The quantitative estimate of drug-likeness (QED) is 0.476. The number of anilines is 1. The smallest absolute Gasteiger partial charge is 0.293 e. The fraction of sp³-hybridized carbons (Fsp3) is 0.647. The number of hydrogen-bond donors (Lipinski definition) is 1. The average Bonchev–Trinajstić information content (AvgIpc) is 2.91. The van der Waals surface area contributed by atoms with Crippen LogP contribution in [0.3, 0.4) is 0 Å². The lowest BCUT2D eigenvalue weighted by atomic mass is 10.1. The van der Waals surface area contributed by atoms with Crippen LogP contribution in [0.1, 0.15) is 38.5 Å². The van der Waals surface area contributed by atoms with E-state index in [0.717, 1.165) is 25.7 Å². The van der Waals surface area contributed by atoms with Gasteiger partial charge in [0.1, 0.15) is 5.69 Å². The fourth-order valence-electron chi connectivity index (χ4n) is 3.52. The first-order chi connectivity index (χ1) is 12.5. The lowest BCUT2D eigenvalue weighted by Crippen LogP contribution is -2.40. The van der Waals surface area contributed by atoms with Crippen molar-refractivity contribution in [1.29, 1.82) is 0 Å². The zero-order valence-corrected chi connectivity index (χ0v) is 15.5. The maximum absolute atomic E-state index is 12.7. The first-order valence-corrected chi connectivity index (χ1v) is 10.6. The summed E-state index contributed by atoms with van der Waals surface area (Å²) in [5, 5.41) is 14.8. The number of nitrogens with one attached hydrogen (secondary N) is 1. The van der Waals surface area contributed by atoms with Gasteiger partial charge in [-0.2, -0.15) is 4.31 Å². The lowest BCUT2D eigenvalue weighted by molar-refractivity contribution is -0.384. The molecule has 1 aliphatic heterocycles. The number of nitro groups is 1. The van der Waals surface area contributed by atoms with Crippen LogP contribution in [0.2, 0.25) is 0 Å². The number of nitro benzene ring substituents is 1. The maximum atomic E-state index is 12.7. The van der Waals surface area contributed by atoms with Gasteiger partial charge in [-0.3, -0.25) is 10.1 Å². The molecule has 0 unspecified atom stereocenters. The molecule has 3 rings (SSSR count). The minimum Gasteiger partial charge on any atom is -0.379 e. The van der Waals surface area contributed by atoms with Crippen LogP contribution in [0.25, 0.3) is 0 Å². The molecule has 9 heteroatoms. The van der Waals surface area contributed by atoms with E-state index >= 15 is 0 Å². The SMILES string of the molecule is O=[N+]([O-])c1cc(S(=O)(=O)N2CCOCC2)ccc1NC1CCCCCC1. The van der Waals surface area contributed by atoms with Crippen molar-refractivity contribution in [3.8, 4) is 0 Å². The Labute approximate surface area is 153 Å². The van der Waals surface area contributed by atoms with E-state index in [1.807, 2.05) is 0 Å². The van der Waals surface area contributed by atoms with E-state index in [4.69, 9.17) is 4.74 Å². The van der Waals surface area contributed by atoms with Crippen LogP contribution in [0, 0.1) is 10.1 Å². The summed E-state index contributed by atoms with van der Waals surface area (Å²) in [5.41, 5.74) is 0.200. The normalized spacial score (nSPS) is 20.5. The molecular formula is C17H25N3O5S. The van der Waals surface area contributed by atoms with Crippen LogP contribution in [-0.4, -0.2) is 50.0 Å². The predicted octanol–water partition coefficient (Wildman–Crippen LogP) is 2.75. The van der Waals surface area contributed by atoms with Crippen LogP contribution >= 0.6 is 0 Å². The summed E-state index contributed by atoms with van der Waals surface area (Å²) < 4.78 is 32.0. The number of nitrogens with zero attached hydrogens (tertiary/aromatic N) is 2. The Bertz CT molecular complexity index is 739. The molecule has 2 fully saturated rings.